The Morgan fingerprint density at radius 2 is 1.70 bits per heavy atom. The first-order chi connectivity index (χ1) is 10.9. The molecule has 0 bridgehead atoms. The highest BCUT2D eigenvalue weighted by Gasteiger charge is 2.30. The Balaban J connectivity index is 2.40. The van der Waals surface area contributed by atoms with Gasteiger partial charge in [0.1, 0.15) is 0 Å². The van der Waals surface area contributed by atoms with Crippen molar-refractivity contribution in [1.29, 1.82) is 0 Å². The predicted molar refractivity (Wildman–Crippen MR) is 91.4 cm³/mol. The second kappa shape index (κ2) is 7.53. The summed E-state index contributed by atoms with van der Waals surface area (Å²) in [4.78, 5) is 12.8. The first kappa shape index (κ1) is 18.1. The van der Waals surface area contributed by atoms with E-state index in [1.165, 1.54) is 12.1 Å². The van der Waals surface area contributed by atoms with Crippen molar-refractivity contribution in [2.75, 3.05) is 11.1 Å². The monoisotopic (exact) mass is 402 g/mol. The average molecular weight is 403 g/mol. The number of benzene rings is 2. The second-order valence-electron chi connectivity index (χ2n) is 4.78. The fraction of sp³-hybridized carbons (Fsp3) is 0.235. The fourth-order valence-corrected chi connectivity index (χ4v) is 3.29. The van der Waals surface area contributed by atoms with Crippen LogP contribution in [0.2, 0.25) is 0 Å². The summed E-state index contributed by atoms with van der Waals surface area (Å²) in [6, 6.07) is 10.4. The van der Waals surface area contributed by atoms with Crippen molar-refractivity contribution in [2.45, 2.75) is 18.0 Å². The average Bonchev–Trinajstić information content (AvgIpc) is 2.54. The smallest absolute Gasteiger partial charge is 0.293 e. The van der Waals surface area contributed by atoms with Gasteiger partial charge in [0.05, 0.1) is 10.9 Å². The third kappa shape index (κ3) is 4.38. The summed E-state index contributed by atoms with van der Waals surface area (Å²) in [7, 11) is 0. The van der Waals surface area contributed by atoms with Crippen LogP contribution in [0.15, 0.2) is 47.4 Å². The van der Waals surface area contributed by atoms with Crippen LogP contribution in [0.25, 0.3) is 11.1 Å². The molecule has 0 heterocycles. The number of ketones is 1. The van der Waals surface area contributed by atoms with Gasteiger partial charge in [-0.3, -0.25) is 4.79 Å². The van der Waals surface area contributed by atoms with Crippen molar-refractivity contribution in [1.82, 2.24) is 0 Å². The molecule has 0 radical (unpaired) electrons. The van der Waals surface area contributed by atoms with Crippen LogP contribution in [0.5, 0.6) is 0 Å². The third-order valence-corrected chi connectivity index (χ3v) is 4.70. The standard InChI is InChI=1S/C17H14BrF3OS/c1-2-23-16-9-12(5-8-14(16)15(22)10-18)11-3-6-13(7-4-11)17(19,20)21/h3-9H,2,10H2,1H3. The Hall–Kier alpha value is -1.27. The zero-order chi connectivity index (χ0) is 17.0. The van der Waals surface area contributed by atoms with Crippen LogP contribution in [-0.2, 0) is 6.18 Å². The molecule has 0 fully saturated rings. The maximum atomic E-state index is 12.6. The van der Waals surface area contributed by atoms with Crippen LogP contribution in [0.3, 0.4) is 0 Å². The van der Waals surface area contributed by atoms with Crippen LogP contribution in [0.1, 0.15) is 22.8 Å². The summed E-state index contributed by atoms with van der Waals surface area (Å²) in [6.45, 7) is 1.98. The van der Waals surface area contributed by atoms with Crippen molar-refractivity contribution in [3.8, 4) is 11.1 Å². The lowest BCUT2D eigenvalue weighted by Gasteiger charge is -2.11. The highest BCUT2D eigenvalue weighted by Crippen LogP contribution is 2.33. The molecule has 0 N–H and O–H groups in total. The summed E-state index contributed by atoms with van der Waals surface area (Å²) >= 11 is 4.70. The molecule has 23 heavy (non-hydrogen) atoms. The summed E-state index contributed by atoms with van der Waals surface area (Å²) in [6.07, 6.45) is -4.34. The molecule has 0 aromatic heterocycles. The van der Waals surface area contributed by atoms with E-state index in [4.69, 9.17) is 0 Å². The first-order valence-electron chi connectivity index (χ1n) is 6.90. The lowest BCUT2D eigenvalue weighted by atomic mass is 10.0. The summed E-state index contributed by atoms with van der Waals surface area (Å²) in [5.74, 6) is 0.791. The molecule has 122 valence electrons. The summed E-state index contributed by atoms with van der Waals surface area (Å²) in [5.41, 5.74) is 1.44. The zero-order valence-electron chi connectivity index (χ0n) is 12.3. The van der Waals surface area contributed by atoms with Crippen molar-refractivity contribution >= 4 is 33.5 Å². The SMILES string of the molecule is CCSc1cc(-c2ccc(C(F)(F)F)cc2)ccc1C(=O)CBr. The first-order valence-corrected chi connectivity index (χ1v) is 9.01. The molecule has 2 rings (SSSR count). The van der Waals surface area contributed by atoms with E-state index in [9.17, 15) is 18.0 Å². The van der Waals surface area contributed by atoms with Crippen LogP contribution >= 0.6 is 27.7 Å². The largest absolute Gasteiger partial charge is 0.416 e. The molecular weight excluding hydrogens is 389 g/mol. The molecule has 2 aromatic carbocycles. The second-order valence-corrected chi connectivity index (χ2v) is 6.64. The van der Waals surface area contributed by atoms with Crippen LogP contribution in [-0.4, -0.2) is 16.9 Å². The minimum Gasteiger partial charge on any atom is -0.293 e. The number of carbonyl (C=O) groups is 1. The molecule has 6 heteroatoms. The Morgan fingerprint density at radius 3 is 2.22 bits per heavy atom. The van der Waals surface area contributed by atoms with Gasteiger partial charge in [-0.25, -0.2) is 0 Å². The van der Waals surface area contributed by atoms with Gasteiger partial charge in [-0.2, -0.15) is 13.2 Å². The van der Waals surface area contributed by atoms with Crippen LogP contribution in [0.4, 0.5) is 13.2 Å². The molecule has 1 nitrogen and oxygen atoms in total. The molecule has 0 saturated heterocycles. The van der Waals surface area contributed by atoms with Gasteiger partial charge >= 0.3 is 6.18 Å². The highest BCUT2D eigenvalue weighted by atomic mass is 79.9. The number of alkyl halides is 4. The van der Waals surface area contributed by atoms with Gasteiger partial charge in [0.25, 0.3) is 0 Å². The van der Waals surface area contributed by atoms with Crippen LogP contribution < -0.4 is 0 Å². The van der Waals surface area contributed by atoms with Gasteiger partial charge in [-0.1, -0.05) is 41.1 Å². The minimum absolute atomic E-state index is 0.0140. The molecule has 0 amide bonds. The topological polar surface area (TPSA) is 17.1 Å². The molecule has 0 atom stereocenters. The van der Waals surface area contributed by atoms with Gasteiger partial charge in [0, 0.05) is 10.5 Å². The van der Waals surface area contributed by atoms with E-state index in [1.807, 2.05) is 13.0 Å². The lowest BCUT2D eigenvalue weighted by molar-refractivity contribution is -0.137. The normalized spacial score (nSPS) is 11.5. The Labute approximate surface area is 145 Å². The van der Waals surface area contributed by atoms with E-state index in [-0.39, 0.29) is 11.1 Å². The van der Waals surface area contributed by atoms with Gasteiger partial charge in [-0.05, 0) is 41.1 Å². The Bertz CT molecular complexity index is 696. The van der Waals surface area contributed by atoms with E-state index >= 15 is 0 Å². The third-order valence-electron chi connectivity index (χ3n) is 3.25. The number of thioether (sulfide) groups is 1. The lowest BCUT2D eigenvalue weighted by Crippen LogP contribution is -2.04. The number of carbonyl (C=O) groups excluding carboxylic acids is 1. The number of hydrogen-bond acceptors (Lipinski definition) is 2. The molecular formula is C17H14BrF3OS. The molecule has 0 unspecified atom stereocenters. The van der Waals surface area contributed by atoms with Crippen LogP contribution in [0, 0.1) is 0 Å². The maximum absolute atomic E-state index is 12.6. The van der Waals surface area contributed by atoms with Crippen molar-refractivity contribution < 1.29 is 18.0 Å². The highest BCUT2D eigenvalue weighted by molar-refractivity contribution is 9.09. The van der Waals surface area contributed by atoms with Gasteiger partial charge < -0.3 is 0 Å². The number of halogens is 4. The minimum atomic E-state index is -4.34. The quantitative estimate of drug-likeness (QED) is 0.343. The van der Waals surface area contributed by atoms with E-state index in [2.05, 4.69) is 15.9 Å². The zero-order valence-corrected chi connectivity index (χ0v) is 14.7. The van der Waals surface area contributed by atoms with E-state index in [0.717, 1.165) is 28.3 Å². The Morgan fingerprint density at radius 1 is 1.09 bits per heavy atom. The van der Waals surface area contributed by atoms with Crippen molar-refractivity contribution in [3.63, 3.8) is 0 Å². The molecule has 0 spiro atoms. The number of Topliss-reactive ketones (excluding diaryl/α,β-unsaturated/α-hetero) is 1. The van der Waals surface area contributed by atoms with E-state index < -0.39 is 11.7 Å². The van der Waals surface area contributed by atoms with Gasteiger partial charge in [0.2, 0.25) is 0 Å². The molecule has 0 saturated carbocycles. The number of rotatable bonds is 5. The van der Waals surface area contributed by atoms with Gasteiger partial charge in [0.15, 0.2) is 5.78 Å². The predicted octanol–water partition coefficient (Wildman–Crippen LogP) is 6.06. The summed E-state index contributed by atoms with van der Waals surface area (Å²) in [5, 5.41) is 0.240. The molecule has 0 aliphatic carbocycles. The van der Waals surface area contributed by atoms with Crippen molar-refractivity contribution in [3.05, 3.63) is 53.6 Å². The molecule has 2 aromatic rings. The number of hydrogen-bond donors (Lipinski definition) is 0. The van der Waals surface area contributed by atoms with E-state index in [0.29, 0.717) is 11.1 Å². The summed E-state index contributed by atoms with van der Waals surface area (Å²) < 4.78 is 37.9. The molecule has 0 aliphatic rings. The fourth-order valence-electron chi connectivity index (χ4n) is 2.13. The van der Waals surface area contributed by atoms with Crippen molar-refractivity contribution in [2.24, 2.45) is 0 Å². The van der Waals surface area contributed by atoms with E-state index in [1.54, 1.807) is 23.9 Å². The Kier molecular flexibility index (Phi) is 5.92. The van der Waals surface area contributed by atoms with Gasteiger partial charge in [-0.15, -0.1) is 11.8 Å². The molecule has 0 aliphatic heterocycles. The maximum Gasteiger partial charge on any atom is 0.416 e.